The highest BCUT2D eigenvalue weighted by Crippen LogP contribution is 2.27. The summed E-state index contributed by atoms with van der Waals surface area (Å²) in [7, 11) is -6.42. The molecule has 216 valence electrons. The topological polar surface area (TPSA) is 104 Å². The Morgan fingerprint density at radius 2 is 1.41 bits per heavy atom. The molecule has 0 bridgehead atoms. The second-order valence-corrected chi connectivity index (χ2v) is 25.0. The van der Waals surface area contributed by atoms with Gasteiger partial charge in [0.05, 0.1) is 5.69 Å². The van der Waals surface area contributed by atoms with Gasteiger partial charge in [0.2, 0.25) is 5.88 Å². The lowest BCUT2D eigenvalue weighted by Gasteiger charge is -2.39. The maximum Gasteiger partial charge on any atom is 0.347 e. The largest absolute Gasteiger partial charge is 0.494 e. The van der Waals surface area contributed by atoms with Gasteiger partial charge in [0.15, 0.2) is 16.6 Å². The molecule has 1 N–H and O–H groups in total. The minimum atomic E-state index is -2.68. The quantitative estimate of drug-likeness (QED) is 0.244. The minimum absolute atomic E-state index is 0.0392. The van der Waals surface area contributed by atoms with Crippen molar-refractivity contribution in [1.29, 1.82) is 0 Å². The van der Waals surface area contributed by atoms with Gasteiger partial charge in [-0.05, 0) is 97.8 Å². The number of hydrogen-bond donors (Lipinski definition) is 1. The van der Waals surface area contributed by atoms with Crippen LogP contribution in [-0.2, 0) is 8.23 Å². The molecule has 0 aliphatic rings. The van der Waals surface area contributed by atoms with Crippen LogP contribution in [0.3, 0.4) is 0 Å². The molecule has 2 rings (SSSR count). The lowest BCUT2D eigenvalue weighted by atomic mass is 10.2. The first-order valence-corrected chi connectivity index (χ1v) is 22.3. The van der Waals surface area contributed by atoms with Gasteiger partial charge < -0.3 is 18.1 Å². The minimum Gasteiger partial charge on any atom is -0.494 e. The second kappa shape index (κ2) is 12.3. The van der Waals surface area contributed by atoms with Crippen LogP contribution in [0, 0.1) is 0 Å². The number of rotatable bonds is 12. The van der Waals surface area contributed by atoms with Gasteiger partial charge >= 0.3 is 14.3 Å². The van der Waals surface area contributed by atoms with Crippen molar-refractivity contribution in [3.05, 3.63) is 62.4 Å². The molecule has 1 heterocycles. The molecule has 1 aromatic heterocycles. The summed E-state index contributed by atoms with van der Waals surface area (Å²) in [4.78, 5) is 30.1. The lowest BCUT2D eigenvalue weighted by Crippen LogP contribution is -2.54. The number of nitrogens with zero attached hydrogens (tertiary/aromatic N) is 3. The van der Waals surface area contributed by atoms with E-state index < -0.39 is 42.3 Å². The Labute approximate surface area is 235 Å². The lowest BCUT2D eigenvalue weighted by molar-refractivity contribution is 0.337. The second-order valence-electron chi connectivity index (χ2n) is 12.3. The summed E-state index contributed by atoms with van der Waals surface area (Å²) in [5, 5.41) is 11.5. The fraction of sp³-hybridized carbons (Fsp3) is 0.519. The van der Waals surface area contributed by atoms with E-state index in [0.717, 1.165) is 9.76 Å². The summed E-state index contributed by atoms with van der Waals surface area (Å²) < 4.78 is 21.4. The summed E-state index contributed by atoms with van der Waals surface area (Å²) in [6.45, 7) is 26.5. The third kappa shape index (κ3) is 8.73. The maximum atomic E-state index is 13.0. The van der Waals surface area contributed by atoms with Crippen molar-refractivity contribution in [2.75, 3.05) is 6.61 Å². The molecule has 0 saturated heterocycles. The standard InChI is InChI=1S/C27H45N3O6Si3/c1-19(2)29-25(31)24(26(32)30(20(3)4)27(29)33)17-28-22-13-15-23(16-14-22)34-18-21(5)39(12,35-37(6,7)8)36-38(9,10)11/h13-17,19-20,31H,5,18H2,1-4,6-12H3. The van der Waals surface area contributed by atoms with Gasteiger partial charge in [-0.25, -0.2) is 4.79 Å². The summed E-state index contributed by atoms with van der Waals surface area (Å²) >= 11 is 0. The van der Waals surface area contributed by atoms with Crippen LogP contribution in [0.1, 0.15) is 45.3 Å². The number of benzene rings is 1. The van der Waals surface area contributed by atoms with Crippen LogP contribution in [0.15, 0.2) is 50.6 Å². The van der Waals surface area contributed by atoms with E-state index in [1.54, 1.807) is 52.0 Å². The van der Waals surface area contributed by atoms with Crippen molar-refractivity contribution in [2.24, 2.45) is 4.99 Å². The van der Waals surface area contributed by atoms with E-state index in [1.807, 2.05) is 0 Å². The first kappa shape index (κ1) is 32.7. The van der Waals surface area contributed by atoms with Gasteiger partial charge in [-0.15, -0.1) is 0 Å². The zero-order valence-corrected chi connectivity index (χ0v) is 28.3. The van der Waals surface area contributed by atoms with Crippen LogP contribution < -0.4 is 16.0 Å². The van der Waals surface area contributed by atoms with Crippen LogP contribution in [0.5, 0.6) is 11.6 Å². The van der Waals surface area contributed by atoms with Crippen molar-refractivity contribution in [3.63, 3.8) is 0 Å². The van der Waals surface area contributed by atoms with E-state index in [1.165, 1.54) is 10.8 Å². The molecule has 2 aromatic rings. The monoisotopic (exact) mass is 591 g/mol. The molecule has 0 aliphatic carbocycles. The van der Waals surface area contributed by atoms with Crippen LogP contribution in [0.4, 0.5) is 5.69 Å². The fourth-order valence-corrected chi connectivity index (χ4v) is 15.5. The Bertz CT molecular complexity index is 1300. The van der Waals surface area contributed by atoms with Crippen molar-refractivity contribution in [3.8, 4) is 11.6 Å². The summed E-state index contributed by atoms with van der Waals surface area (Å²) in [5.41, 5.74) is -0.614. The van der Waals surface area contributed by atoms with E-state index in [4.69, 9.17) is 13.0 Å². The number of aliphatic imine (C=N–C) groups is 1. The molecular weight excluding hydrogens is 547 g/mol. The number of hydrogen-bond acceptors (Lipinski definition) is 7. The van der Waals surface area contributed by atoms with Crippen molar-refractivity contribution in [2.45, 2.75) is 85.6 Å². The van der Waals surface area contributed by atoms with Crippen LogP contribution in [0.2, 0.25) is 45.8 Å². The molecule has 0 atom stereocenters. The molecule has 0 aliphatic heterocycles. The average Bonchev–Trinajstić information content (AvgIpc) is 2.74. The maximum absolute atomic E-state index is 13.0. The van der Waals surface area contributed by atoms with E-state index in [9.17, 15) is 14.7 Å². The van der Waals surface area contributed by atoms with Gasteiger partial charge in [-0.3, -0.25) is 18.9 Å². The SMILES string of the molecule is C=C(COc1ccc(N=Cc2c(O)n(C(C)C)c(=O)n(C(C)C)c2=O)cc1)[Si](C)(O[Si](C)(C)C)O[Si](C)(C)C. The molecule has 1 aromatic carbocycles. The average molecular weight is 592 g/mol. The Balaban J connectivity index is 2.26. The summed E-state index contributed by atoms with van der Waals surface area (Å²) in [6.07, 6.45) is 1.30. The van der Waals surface area contributed by atoms with Gasteiger partial charge in [-0.2, -0.15) is 0 Å². The van der Waals surface area contributed by atoms with Gasteiger partial charge in [0, 0.05) is 23.5 Å². The molecule has 0 fully saturated rings. The third-order valence-electron chi connectivity index (χ3n) is 5.60. The van der Waals surface area contributed by atoms with Crippen molar-refractivity contribution < 1.29 is 18.1 Å². The summed E-state index contributed by atoms with van der Waals surface area (Å²) in [6, 6.07) is 6.35. The molecule has 12 heteroatoms. The highest BCUT2D eigenvalue weighted by Gasteiger charge is 2.43. The first-order chi connectivity index (χ1) is 17.8. The van der Waals surface area contributed by atoms with Gasteiger partial charge in [0.25, 0.3) is 5.56 Å². The molecule has 0 radical (unpaired) electrons. The highest BCUT2D eigenvalue weighted by atomic mass is 28.5. The zero-order valence-electron chi connectivity index (χ0n) is 25.3. The van der Waals surface area contributed by atoms with Gasteiger partial charge in [-0.1, -0.05) is 6.58 Å². The molecule has 0 spiro atoms. The normalized spacial score (nSPS) is 13.1. The van der Waals surface area contributed by atoms with Crippen molar-refractivity contribution in [1.82, 2.24) is 9.13 Å². The summed E-state index contributed by atoms with van der Waals surface area (Å²) in [5.74, 6) is 0.234. The van der Waals surface area contributed by atoms with Crippen LogP contribution in [0.25, 0.3) is 0 Å². The van der Waals surface area contributed by atoms with Crippen LogP contribution in [-0.4, -0.2) is 52.3 Å². The van der Waals surface area contributed by atoms with E-state index in [2.05, 4.69) is 57.4 Å². The molecule has 0 unspecified atom stereocenters. The predicted molar refractivity (Wildman–Crippen MR) is 166 cm³/mol. The first-order valence-electron chi connectivity index (χ1n) is 13.2. The fourth-order valence-electron chi connectivity index (χ4n) is 4.09. The van der Waals surface area contributed by atoms with E-state index >= 15 is 0 Å². The highest BCUT2D eigenvalue weighted by molar-refractivity contribution is 6.90. The molecule has 0 saturated carbocycles. The Hall–Kier alpha value is -2.52. The Morgan fingerprint density at radius 3 is 1.85 bits per heavy atom. The number of aromatic nitrogens is 2. The molecule has 39 heavy (non-hydrogen) atoms. The zero-order chi connectivity index (χ0) is 29.9. The van der Waals surface area contributed by atoms with Crippen molar-refractivity contribution >= 4 is 37.1 Å². The van der Waals surface area contributed by atoms with Gasteiger partial charge in [0.1, 0.15) is 17.9 Å². The smallest absolute Gasteiger partial charge is 0.347 e. The van der Waals surface area contributed by atoms with E-state index in [-0.39, 0.29) is 24.3 Å². The predicted octanol–water partition coefficient (Wildman–Crippen LogP) is 5.88. The molecule has 9 nitrogen and oxygen atoms in total. The van der Waals surface area contributed by atoms with Crippen LogP contribution >= 0.6 is 0 Å². The van der Waals surface area contributed by atoms with E-state index in [0.29, 0.717) is 11.4 Å². The number of ether oxygens (including phenoxy) is 1. The third-order valence-corrected chi connectivity index (χ3v) is 15.0. The number of aromatic hydroxyl groups is 1. The Kier molecular flexibility index (Phi) is 10.3. The molecular formula is C27H45N3O6Si3. The molecule has 0 amide bonds. The Morgan fingerprint density at radius 1 is 0.923 bits per heavy atom.